The van der Waals surface area contributed by atoms with E-state index in [1.165, 1.54) is 0 Å². The first kappa shape index (κ1) is 4.34. The summed E-state index contributed by atoms with van der Waals surface area (Å²) in [4.78, 5) is 0. The van der Waals surface area contributed by atoms with Crippen LogP contribution in [0.5, 0.6) is 0 Å². The van der Waals surface area contributed by atoms with Gasteiger partial charge >= 0.3 is 0 Å². The molecule has 0 nitrogen and oxygen atoms in total. The highest BCUT2D eigenvalue weighted by atomic mass is 127. The molecule has 0 spiro atoms. The van der Waals surface area contributed by atoms with E-state index < -0.39 is 0 Å². The predicted molar refractivity (Wildman–Crippen MR) is 51.6 cm³/mol. The molecule has 0 amide bonds. The zero-order valence-electron chi connectivity index (χ0n) is 7.76. The molecule has 48 valence electrons. The van der Waals surface area contributed by atoms with Crippen LogP contribution in [0.25, 0.3) is 0 Å². The Morgan fingerprint density at radius 1 is 1.67 bits per heavy atom. The van der Waals surface area contributed by atoms with E-state index in [9.17, 15) is 0 Å². The van der Waals surface area contributed by atoms with Gasteiger partial charge in [0.05, 0.1) is 4.11 Å². The highest BCUT2D eigenvalue weighted by Gasteiger charge is 1.91. The van der Waals surface area contributed by atoms with Crippen molar-refractivity contribution in [3.8, 4) is 0 Å². The van der Waals surface area contributed by atoms with Gasteiger partial charge in [-0.1, -0.05) is 15.9 Å². The Morgan fingerprint density at radius 2 is 2.33 bits per heavy atom. The van der Waals surface area contributed by atoms with Crippen molar-refractivity contribution in [2.24, 2.45) is 0 Å². The molecule has 2 heteroatoms. The topological polar surface area (TPSA) is 0 Å². The van der Waals surface area contributed by atoms with Crippen molar-refractivity contribution in [2.45, 2.75) is 6.92 Å². The molecule has 0 N–H and O–H groups in total. The summed E-state index contributed by atoms with van der Waals surface area (Å²) in [6.07, 6.45) is 0. The smallest absolute Gasteiger partial charge is 0.0505 e. The summed E-state index contributed by atoms with van der Waals surface area (Å²) in [7, 11) is 0. The quantitative estimate of drug-likeness (QED) is 0.645. The van der Waals surface area contributed by atoms with E-state index in [2.05, 4.69) is 15.9 Å². The first-order chi connectivity index (χ1) is 5.46. The van der Waals surface area contributed by atoms with Gasteiger partial charge in [-0.2, -0.15) is 0 Å². The van der Waals surface area contributed by atoms with E-state index in [4.69, 9.17) is 4.11 Å². The minimum Gasteiger partial charge on any atom is -0.0505 e. The van der Waals surface area contributed by atoms with Crippen molar-refractivity contribution in [2.75, 3.05) is 0 Å². The Bertz CT molecular complexity index is 233. The molecular formula is C7H6BrI. The van der Waals surface area contributed by atoms with Gasteiger partial charge in [0.15, 0.2) is 0 Å². The second-order valence-electron chi connectivity index (χ2n) is 1.63. The molecule has 0 aromatic heterocycles. The molecule has 1 rings (SSSR count). The summed E-state index contributed by atoms with van der Waals surface area (Å²) >= 11 is 5.11. The fourth-order valence-electron chi connectivity index (χ4n) is 0.454. The number of hydrogen-bond donors (Lipinski definition) is 0. The van der Waals surface area contributed by atoms with Crippen LogP contribution in [0.1, 0.15) is 9.68 Å². The second-order valence-corrected chi connectivity index (χ2v) is 3.50. The van der Waals surface area contributed by atoms with Crippen LogP contribution in [0.3, 0.4) is 0 Å². The maximum atomic E-state index is 7.58. The standard InChI is InChI=1S/C7H6BrI/c1-5-4-6(9)2-3-7(5)8/h2-4H,1H3/i2D,3D,4D. The molecule has 0 saturated carbocycles. The number of benzene rings is 1. The Balaban J connectivity index is 3.60. The van der Waals surface area contributed by atoms with Crippen molar-refractivity contribution in [1.82, 2.24) is 0 Å². The van der Waals surface area contributed by atoms with Crippen LogP contribution in [-0.2, 0) is 0 Å². The molecular weight excluding hydrogens is 291 g/mol. The van der Waals surface area contributed by atoms with Crippen molar-refractivity contribution < 1.29 is 4.11 Å². The molecule has 0 heterocycles. The third-order valence-corrected chi connectivity index (χ3v) is 2.24. The summed E-state index contributed by atoms with van der Waals surface area (Å²) in [6.45, 7) is 1.77. The van der Waals surface area contributed by atoms with Gasteiger partial charge in [-0.05, 0) is 53.2 Å². The maximum absolute atomic E-state index is 7.58. The molecule has 0 aliphatic carbocycles. The molecule has 0 aliphatic heterocycles. The number of halogens is 2. The second kappa shape index (κ2) is 3.01. The van der Waals surface area contributed by atoms with Crippen LogP contribution in [0.15, 0.2) is 22.6 Å². The summed E-state index contributed by atoms with van der Waals surface area (Å²) in [6, 6.07) is 0.620. The first-order valence-electron chi connectivity index (χ1n) is 3.88. The van der Waals surface area contributed by atoms with Gasteiger partial charge in [-0.25, -0.2) is 0 Å². The lowest BCUT2D eigenvalue weighted by Gasteiger charge is -1.95. The van der Waals surface area contributed by atoms with Crippen LogP contribution in [0, 0.1) is 10.5 Å². The van der Waals surface area contributed by atoms with Gasteiger partial charge in [0.25, 0.3) is 0 Å². The van der Waals surface area contributed by atoms with Crippen molar-refractivity contribution in [1.29, 1.82) is 0 Å². The van der Waals surface area contributed by atoms with E-state index >= 15 is 0 Å². The predicted octanol–water partition coefficient (Wildman–Crippen LogP) is 3.36. The van der Waals surface area contributed by atoms with Gasteiger partial charge in [0.2, 0.25) is 0 Å². The van der Waals surface area contributed by atoms with Gasteiger partial charge in [-0.3, -0.25) is 0 Å². The van der Waals surface area contributed by atoms with Crippen molar-refractivity contribution in [3.05, 3.63) is 31.7 Å². The lowest BCUT2D eigenvalue weighted by atomic mass is 10.2. The molecule has 0 atom stereocenters. The Hall–Kier alpha value is 0.430. The molecule has 0 unspecified atom stereocenters. The average molecular weight is 300 g/mol. The summed E-state index contributed by atoms with van der Waals surface area (Å²) in [5, 5.41) is 0. The largest absolute Gasteiger partial charge is 0.0637 e. The Labute approximate surface area is 81.1 Å². The summed E-state index contributed by atoms with van der Waals surface area (Å²) in [5.41, 5.74) is 0.723. The molecule has 0 saturated heterocycles. The van der Waals surface area contributed by atoms with Crippen LogP contribution < -0.4 is 0 Å². The van der Waals surface area contributed by atoms with Crippen LogP contribution in [0.4, 0.5) is 0 Å². The molecule has 1 aromatic rings. The third kappa shape index (κ3) is 1.93. The third-order valence-electron chi connectivity index (χ3n) is 0.908. The SMILES string of the molecule is [2H]c1c([2H])c(I)c([2H])c(C)c1Br. The van der Waals surface area contributed by atoms with E-state index in [1.54, 1.807) is 6.92 Å². The summed E-state index contributed by atoms with van der Waals surface area (Å²) in [5.74, 6) is 0. The number of hydrogen-bond acceptors (Lipinski definition) is 0. The lowest BCUT2D eigenvalue weighted by Crippen LogP contribution is -1.75. The van der Waals surface area contributed by atoms with Crippen LogP contribution >= 0.6 is 38.5 Å². The fourth-order valence-corrected chi connectivity index (χ4v) is 1.19. The van der Waals surface area contributed by atoms with E-state index in [1.807, 2.05) is 22.6 Å². The van der Waals surface area contributed by atoms with Gasteiger partial charge in [0.1, 0.15) is 0 Å². The number of rotatable bonds is 0. The molecule has 9 heavy (non-hydrogen) atoms. The van der Waals surface area contributed by atoms with E-state index in [0.717, 1.165) is 5.56 Å². The van der Waals surface area contributed by atoms with Crippen LogP contribution in [-0.4, -0.2) is 0 Å². The van der Waals surface area contributed by atoms with Gasteiger partial charge in [0, 0.05) is 8.04 Å². The fraction of sp³-hybridized carbons (Fsp3) is 0.143. The minimum absolute atomic E-state index is 0.123. The zero-order valence-corrected chi connectivity index (χ0v) is 8.50. The lowest BCUT2D eigenvalue weighted by molar-refractivity contribution is 1.41. The molecule has 0 bridgehead atoms. The molecule has 1 aromatic carbocycles. The minimum atomic E-state index is 0.123. The zero-order chi connectivity index (χ0) is 9.46. The van der Waals surface area contributed by atoms with Gasteiger partial charge < -0.3 is 0 Å². The van der Waals surface area contributed by atoms with E-state index in [0.29, 0.717) is 14.1 Å². The van der Waals surface area contributed by atoms with Crippen molar-refractivity contribution in [3.63, 3.8) is 0 Å². The van der Waals surface area contributed by atoms with Crippen molar-refractivity contribution >= 4 is 38.5 Å². The normalized spacial score (nSPS) is 14.3. The highest BCUT2D eigenvalue weighted by Crippen LogP contribution is 2.17. The Morgan fingerprint density at radius 3 is 3.00 bits per heavy atom. The summed E-state index contributed by atoms with van der Waals surface area (Å²) < 4.78 is 23.7. The molecule has 0 radical (unpaired) electrons. The van der Waals surface area contributed by atoms with Crippen LogP contribution in [0.2, 0.25) is 0 Å². The van der Waals surface area contributed by atoms with Gasteiger partial charge in [-0.15, -0.1) is 0 Å². The highest BCUT2D eigenvalue weighted by molar-refractivity contribution is 14.1. The Kier molecular flexibility index (Phi) is 1.45. The first-order valence-corrected chi connectivity index (χ1v) is 4.25. The molecule has 0 aliphatic rings. The maximum Gasteiger partial charge on any atom is 0.0637 e. The molecule has 0 fully saturated rings. The van der Waals surface area contributed by atoms with E-state index in [-0.39, 0.29) is 12.1 Å². The average Bonchev–Trinajstić information content (AvgIpc) is 2.08. The monoisotopic (exact) mass is 299 g/mol.